The predicted molar refractivity (Wildman–Crippen MR) is 33.1 cm³/mol. The Balaban J connectivity index is 3.13. The summed E-state index contributed by atoms with van der Waals surface area (Å²) >= 11 is 0. The van der Waals surface area contributed by atoms with Crippen molar-refractivity contribution in [2.24, 2.45) is 0 Å². The largest absolute Gasteiger partial charge is 0.463 e. The first kappa shape index (κ1) is 9.10. The number of rotatable bonds is 5. The average molecular weight is 145 g/mol. The molecular weight excluding hydrogens is 136 g/mol. The summed E-state index contributed by atoms with van der Waals surface area (Å²) in [6.45, 7) is 0.543. The third-order valence-corrected chi connectivity index (χ3v) is 0.767. The van der Waals surface area contributed by atoms with Crippen LogP contribution in [-0.4, -0.2) is 32.6 Å². The van der Waals surface area contributed by atoms with Crippen molar-refractivity contribution < 1.29 is 19.1 Å². The van der Waals surface area contributed by atoms with Crippen LogP contribution >= 0.6 is 0 Å². The van der Waals surface area contributed by atoms with Crippen LogP contribution in [0.5, 0.6) is 0 Å². The van der Waals surface area contributed by atoms with E-state index in [0.717, 1.165) is 0 Å². The molecule has 0 aliphatic carbocycles. The lowest BCUT2D eigenvalue weighted by atomic mass is 10.5. The fraction of sp³-hybridized carbons (Fsp3) is 0.667. The standard InChI is InChI=1S/C6H9O4/c1-9-4-5-10-6(8)2-3-7/h2,4-5H2,1H3. The molecule has 0 atom stereocenters. The van der Waals surface area contributed by atoms with E-state index in [1.54, 1.807) is 0 Å². The van der Waals surface area contributed by atoms with E-state index in [2.05, 4.69) is 9.47 Å². The van der Waals surface area contributed by atoms with Crippen molar-refractivity contribution in [1.82, 2.24) is 0 Å². The van der Waals surface area contributed by atoms with Gasteiger partial charge in [0, 0.05) is 7.11 Å². The molecule has 10 heavy (non-hydrogen) atoms. The van der Waals surface area contributed by atoms with E-state index in [9.17, 15) is 9.59 Å². The highest BCUT2D eigenvalue weighted by molar-refractivity contribution is 5.83. The summed E-state index contributed by atoms with van der Waals surface area (Å²) in [4.78, 5) is 20.0. The van der Waals surface area contributed by atoms with Crippen LogP contribution in [0.25, 0.3) is 0 Å². The van der Waals surface area contributed by atoms with E-state index in [1.165, 1.54) is 13.4 Å². The van der Waals surface area contributed by atoms with Gasteiger partial charge in [-0.05, 0) is 0 Å². The molecule has 0 aromatic rings. The van der Waals surface area contributed by atoms with E-state index in [4.69, 9.17) is 0 Å². The van der Waals surface area contributed by atoms with Crippen molar-refractivity contribution in [2.45, 2.75) is 6.42 Å². The highest BCUT2D eigenvalue weighted by atomic mass is 16.6. The van der Waals surface area contributed by atoms with Crippen LogP contribution in [0.1, 0.15) is 6.42 Å². The molecule has 1 radical (unpaired) electrons. The molecule has 0 fully saturated rings. The molecule has 0 aromatic carbocycles. The molecule has 4 heteroatoms. The third-order valence-electron chi connectivity index (χ3n) is 0.767. The molecule has 0 aliphatic rings. The van der Waals surface area contributed by atoms with Crippen molar-refractivity contribution in [3.8, 4) is 0 Å². The first-order valence-electron chi connectivity index (χ1n) is 2.81. The van der Waals surface area contributed by atoms with E-state index in [1.807, 2.05) is 0 Å². The molecule has 57 valence electrons. The molecule has 0 amide bonds. The highest BCUT2D eigenvalue weighted by Crippen LogP contribution is 1.81. The lowest BCUT2D eigenvalue weighted by Gasteiger charge is -1.99. The second-order valence-electron chi connectivity index (χ2n) is 1.53. The highest BCUT2D eigenvalue weighted by Gasteiger charge is 1.99. The molecule has 0 aromatic heterocycles. The minimum Gasteiger partial charge on any atom is -0.463 e. The van der Waals surface area contributed by atoms with Crippen molar-refractivity contribution in [3.05, 3.63) is 0 Å². The summed E-state index contributed by atoms with van der Waals surface area (Å²) in [6.07, 6.45) is 1.13. The number of hydrogen-bond acceptors (Lipinski definition) is 4. The van der Waals surface area contributed by atoms with Gasteiger partial charge in [0.25, 0.3) is 0 Å². The maximum Gasteiger partial charge on any atom is 0.313 e. The zero-order valence-corrected chi connectivity index (χ0v) is 5.75. The molecule has 0 heterocycles. The number of methoxy groups -OCH3 is 1. The minimum absolute atomic E-state index is 0.191. The molecule has 0 bridgehead atoms. The van der Waals surface area contributed by atoms with Gasteiger partial charge in [0.1, 0.15) is 13.0 Å². The van der Waals surface area contributed by atoms with Crippen LogP contribution in [0.4, 0.5) is 0 Å². The number of ether oxygens (including phenoxy) is 2. The molecule has 4 nitrogen and oxygen atoms in total. The van der Waals surface area contributed by atoms with E-state index in [0.29, 0.717) is 6.61 Å². The fourth-order valence-electron chi connectivity index (χ4n) is 0.349. The van der Waals surface area contributed by atoms with Gasteiger partial charge in [-0.15, -0.1) is 0 Å². The Labute approximate surface area is 59.1 Å². The van der Waals surface area contributed by atoms with Crippen molar-refractivity contribution in [2.75, 3.05) is 20.3 Å². The zero-order chi connectivity index (χ0) is 7.82. The van der Waals surface area contributed by atoms with Gasteiger partial charge >= 0.3 is 5.97 Å². The Morgan fingerprint density at radius 1 is 1.50 bits per heavy atom. The summed E-state index contributed by atoms with van der Waals surface area (Å²) in [5, 5.41) is 0. The average Bonchev–Trinajstić information content (AvgIpc) is 1.89. The molecule has 0 aliphatic heterocycles. The van der Waals surface area contributed by atoms with Crippen LogP contribution in [-0.2, 0) is 19.1 Å². The second-order valence-corrected chi connectivity index (χ2v) is 1.53. The van der Waals surface area contributed by atoms with Crippen LogP contribution < -0.4 is 0 Å². The topological polar surface area (TPSA) is 52.6 Å². The molecule has 0 unspecified atom stereocenters. The van der Waals surface area contributed by atoms with Gasteiger partial charge in [-0.2, -0.15) is 0 Å². The Morgan fingerprint density at radius 2 is 2.20 bits per heavy atom. The fourth-order valence-corrected chi connectivity index (χ4v) is 0.349. The molecule has 0 rings (SSSR count). The molecule has 0 spiro atoms. The lowest BCUT2D eigenvalue weighted by molar-refractivity contribution is -0.143. The molecule has 0 N–H and O–H groups in total. The Bertz CT molecular complexity index is 110. The summed E-state index contributed by atoms with van der Waals surface area (Å²) < 4.78 is 9.09. The number of carbonyl (C=O) groups is 1. The number of carbonyl (C=O) groups excluding carboxylic acids is 2. The van der Waals surface area contributed by atoms with Crippen molar-refractivity contribution in [3.63, 3.8) is 0 Å². The molecule has 0 saturated heterocycles. The second kappa shape index (κ2) is 6.22. The lowest BCUT2D eigenvalue weighted by Crippen LogP contribution is -2.09. The third kappa shape index (κ3) is 5.24. The van der Waals surface area contributed by atoms with E-state index >= 15 is 0 Å². The summed E-state index contributed by atoms with van der Waals surface area (Å²) in [6, 6.07) is 0. The summed E-state index contributed by atoms with van der Waals surface area (Å²) in [5.41, 5.74) is 0. The van der Waals surface area contributed by atoms with Crippen LogP contribution in [0.2, 0.25) is 0 Å². The summed E-state index contributed by atoms with van der Waals surface area (Å²) in [7, 11) is 1.50. The monoisotopic (exact) mass is 145 g/mol. The maximum absolute atomic E-state index is 10.4. The molecular formula is C6H9O4. The van der Waals surface area contributed by atoms with Gasteiger partial charge in [0.05, 0.1) is 6.61 Å². The smallest absolute Gasteiger partial charge is 0.313 e. The van der Waals surface area contributed by atoms with Gasteiger partial charge in [0.2, 0.25) is 6.29 Å². The Morgan fingerprint density at radius 3 is 2.70 bits per heavy atom. The normalized spacial score (nSPS) is 8.90. The minimum atomic E-state index is -0.563. The van der Waals surface area contributed by atoms with Crippen LogP contribution in [0.15, 0.2) is 0 Å². The Hall–Kier alpha value is -0.900. The SMILES string of the molecule is COCCOC(=O)C[C]=O. The first-order valence-corrected chi connectivity index (χ1v) is 2.81. The zero-order valence-electron chi connectivity index (χ0n) is 5.75. The van der Waals surface area contributed by atoms with Crippen LogP contribution in [0, 0.1) is 0 Å². The quantitative estimate of drug-likeness (QED) is 0.302. The van der Waals surface area contributed by atoms with Crippen molar-refractivity contribution in [1.29, 1.82) is 0 Å². The van der Waals surface area contributed by atoms with Gasteiger partial charge in [-0.25, -0.2) is 0 Å². The number of hydrogen-bond donors (Lipinski definition) is 0. The number of esters is 1. The van der Waals surface area contributed by atoms with Gasteiger partial charge < -0.3 is 9.47 Å². The van der Waals surface area contributed by atoms with Crippen LogP contribution in [0.3, 0.4) is 0 Å². The van der Waals surface area contributed by atoms with Gasteiger partial charge in [0.15, 0.2) is 0 Å². The molecule has 0 saturated carbocycles. The van der Waals surface area contributed by atoms with E-state index in [-0.39, 0.29) is 13.0 Å². The predicted octanol–water partition coefficient (Wildman–Crippen LogP) is -0.324. The maximum atomic E-state index is 10.4. The summed E-state index contributed by atoms with van der Waals surface area (Å²) in [5.74, 6) is -0.563. The van der Waals surface area contributed by atoms with E-state index < -0.39 is 5.97 Å². The Kier molecular flexibility index (Phi) is 5.66. The van der Waals surface area contributed by atoms with Gasteiger partial charge in [-0.1, -0.05) is 0 Å². The van der Waals surface area contributed by atoms with Crippen molar-refractivity contribution >= 4 is 12.3 Å². The van der Waals surface area contributed by atoms with Gasteiger partial charge in [-0.3, -0.25) is 9.59 Å². The first-order chi connectivity index (χ1) is 4.81.